The van der Waals surface area contributed by atoms with E-state index in [1.165, 1.54) is 24.6 Å². The van der Waals surface area contributed by atoms with E-state index in [1.807, 2.05) is 0 Å². The third-order valence-electron chi connectivity index (χ3n) is 1.81. The second-order valence-electron chi connectivity index (χ2n) is 2.94. The highest BCUT2D eigenvalue weighted by Crippen LogP contribution is 2.21. The summed E-state index contributed by atoms with van der Waals surface area (Å²) in [5.74, 6) is 10.7. The second kappa shape index (κ2) is 2.35. The molecule has 0 aromatic rings. The van der Waals surface area contributed by atoms with E-state index >= 15 is 0 Å². The Labute approximate surface area is 58.1 Å². The average Bonchev–Trinajstić information content (AvgIpc) is 1.78. The topological polar surface area (TPSA) is 3.24 Å². The van der Waals surface area contributed by atoms with Gasteiger partial charge in [0.2, 0.25) is 0 Å². The van der Waals surface area contributed by atoms with Crippen molar-refractivity contribution in [3.63, 3.8) is 0 Å². The van der Waals surface area contributed by atoms with Gasteiger partial charge in [-0.15, -0.1) is 0 Å². The van der Waals surface area contributed by atoms with Crippen molar-refractivity contribution in [1.29, 1.82) is 0 Å². The molecule has 1 nitrogen and oxygen atoms in total. The maximum Gasteiger partial charge on any atom is 0.00605 e. The molecule has 0 aliphatic carbocycles. The maximum absolute atomic E-state index is 4.11. The zero-order chi connectivity index (χ0) is 6.91. The van der Waals surface area contributed by atoms with Gasteiger partial charge in [-0.1, -0.05) is 11.7 Å². The van der Waals surface area contributed by atoms with E-state index in [1.54, 1.807) is 0 Å². The van der Waals surface area contributed by atoms with E-state index in [0.717, 1.165) is 0 Å². The van der Waals surface area contributed by atoms with Crippen LogP contribution in [0.4, 0.5) is 0 Å². The van der Waals surface area contributed by atoms with Crippen LogP contribution in [-0.2, 0) is 0 Å². The second-order valence-corrected chi connectivity index (χ2v) is 6.20. The van der Waals surface area contributed by atoms with Gasteiger partial charge in [-0.05, 0) is 18.6 Å². The summed E-state index contributed by atoms with van der Waals surface area (Å²) in [6, 6.07) is 0. The lowest BCUT2D eigenvalue weighted by Crippen LogP contribution is -2.30. The van der Waals surface area contributed by atoms with Crippen molar-refractivity contribution in [2.75, 3.05) is 31.6 Å². The standard InChI is InChI=1S/C7H15NS/c1-8-4-6-9(2,3)7-5-8/h2-7H2,1H3. The summed E-state index contributed by atoms with van der Waals surface area (Å²) in [4.78, 5) is 2.35. The first kappa shape index (κ1) is 7.16. The van der Waals surface area contributed by atoms with Crippen LogP contribution in [0.5, 0.6) is 0 Å². The molecule has 1 heterocycles. The van der Waals surface area contributed by atoms with Crippen LogP contribution in [0, 0.1) is 0 Å². The molecule has 0 amide bonds. The molecule has 54 valence electrons. The molecular weight excluding hydrogens is 130 g/mol. The molecule has 9 heavy (non-hydrogen) atoms. The summed E-state index contributed by atoms with van der Waals surface area (Å²) in [5, 5.41) is 0. The van der Waals surface area contributed by atoms with Crippen molar-refractivity contribution in [3.05, 3.63) is 0 Å². The van der Waals surface area contributed by atoms with Gasteiger partial charge in [0.1, 0.15) is 0 Å². The van der Waals surface area contributed by atoms with Crippen LogP contribution in [0.2, 0.25) is 0 Å². The molecule has 1 aliphatic rings. The van der Waals surface area contributed by atoms with Gasteiger partial charge < -0.3 is 4.90 Å². The fraction of sp³-hybridized carbons (Fsp3) is 0.714. The summed E-state index contributed by atoms with van der Waals surface area (Å²) in [5.41, 5.74) is 0. The van der Waals surface area contributed by atoms with Crippen LogP contribution in [0.3, 0.4) is 0 Å². The summed E-state index contributed by atoms with van der Waals surface area (Å²) < 4.78 is 0. The molecule has 0 aromatic heterocycles. The number of hydrogen-bond acceptors (Lipinski definition) is 1. The van der Waals surface area contributed by atoms with Gasteiger partial charge in [-0.3, -0.25) is 0 Å². The van der Waals surface area contributed by atoms with Gasteiger partial charge in [0.15, 0.2) is 0 Å². The fourth-order valence-corrected chi connectivity index (χ4v) is 2.51. The van der Waals surface area contributed by atoms with Crippen molar-refractivity contribution < 1.29 is 0 Å². The van der Waals surface area contributed by atoms with Gasteiger partial charge >= 0.3 is 0 Å². The Kier molecular flexibility index (Phi) is 1.87. The first-order valence-electron chi connectivity index (χ1n) is 3.23. The highest BCUT2D eigenvalue weighted by atomic mass is 32.2. The van der Waals surface area contributed by atoms with Crippen LogP contribution in [0.25, 0.3) is 0 Å². The van der Waals surface area contributed by atoms with Crippen molar-refractivity contribution in [2.24, 2.45) is 0 Å². The minimum atomic E-state index is -0.657. The van der Waals surface area contributed by atoms with E-state index in [0.29, 0.717) is 0 Å². The van der Waals surface area contributed by atoms with E-state index < -0.39 is 9.21 Å². The lowest BCUT2D eigenvalue weighted by atomic mass is 10.6. The molecule has 0 N–H and O–H groups in total. The minimum Gasteiger partial charge on any atom is -0.305 e. The van der Waals surface area contributed by atoms with Gasteiger partial charge in [0.05, 0.1) is 0 Å². The predicted octanol–water partition coefficient (Wildman–Crippen LogP) is 0.600. The quantitative estimate of drug-likeness (QED) is 0.451. The van der Waals surface area contributed by atoms with Gasteiger partial charge in [-0.2, -0.15) is 0 Å². The van der Waals surface area contributed by atoms with Crippen LogP contribution in [0.1, 0.15) is 0 Å². The van der Waals surface area contributed by atoms with Crippen molar-refractivity contribution in [3.8, 4) is 0 Å². The van der Waals surface area contributed by atoms with Crippen molar-refractivity contribution in [2.45, 2.75) is 0 Å². The Bertz CT molecular complexity index is 165. The summed E-state index contributed by atoms with van der Waals surface area (Å²) >= 11 is 0. The van der Waals surface area contributed by atoms with Crippen LogP contribution >= 0.6 is 9.21 Å². The Morgan fingerprint density at radius 3 is 2.00 bits per heavy atom. The Hall–Kier alpha value is 0.0500. The molecule has 0 bridgehead atoms. The molecule has 1 fully saturated rings. The molecule has 0 atom stereocenters. The lowest BCUT2D eigenvalue weighted by molar-refractivity contribution is 0.371. The van der Waals surface area contributed by atoms with Crippen LogP contribution in [-0.4, -0.2) is 48.3 Å². The third-order valence-corrected chi connectivity index (χ3v) is 3.91. The molecule has 1 rings (SSSR count). The lowest BCUT2D eigenvalue weighted by Gasteiger charge is -2.27. The fourth-order valence-electron chi connectivity index (χ4n) is 0.913. The summed E-state index contributed by atoms with van der Waals surface area (Å²) in [7, 11) is 1.50. The van der Waals surface area contributed by atoms with E-state index in [-0.39, 0.29) is 0 Å². The third kappa shape index (κ3) is 2.03. The van der Waals surface area contributed by atoms with Crippen LogP contribution in [0.15, 0.2) is 0 Å². The molecule has 0 radical (unpaired) electrons. The highest BCUT2D eigenvalue weighted by molar-refractivity contribution is 8.27. The van der Waals surface area contributed by atoms with Crippen LogP contribution < -0.4 is 0 Å². The molecule has 0 saturated carbocycles. The van der Waals surface area contributed by atoms with Gasteiger partial charge in [0.25, 0.3) is 0 Å². The first-order chi connectivity index (χ1) is 4.10. The number of nitrogens with zero attached hydrogens (tertiary/aromatic N) is 1. The molecule has 0 unspecified atom stereocenters. The van der Waals surface area contributed by atoms with E-state index in [9.17, 15) is 0 Å². The predicted molar refractivity (Wildman–Crippen MR) is 49.1 cm³/mol. The van der Waals surface area contributed by atoms with E-state index in [4.69, 9.17) is 0 Å². The first-order valence-corrected chi connectivity index (χ1v) is 5.54. The minimum absolute atomic E-state index is 0.657. The molecular formula is C7H15NS. The Balaban J connectivity index is 2.55. The van der Waals surface area contributed by atoms with Crippen molar-refractivity contribution in [1.82, 2.24) is 4.90 Å². The smallest absolute Gasteiger partial charge is 0.00605 e. The molecule has 0 aromatic carbocycles. The molecule has 0 spiro atoms. The monoisotopic (exact) mass is 145 g/mol. The maximum atomic E-state index is 4.11. The Morgan fingerprint density at radius 2 is 1.67 bits per heavy atom. The molecule has 2 heteroatoms. The van der Waals surface area contributed by atoms with Crippen molar-refractivity contribution >= 4 is 20.9 Å². The largest absolute Gasteiger partial charge is 0.305 e. The molecule has 1 saturated heterocycles. The average molecular weight is 145 g/mol. The normalized spacial score (nSPS) is 28.1. The zero-order valence-electron chi connectivity index (χ0n) is 6.10. The summed E-state index contributed by atoms with van der Waals surface area (Å²) in [6.07, 6.45) is 0. The number of rotatable bonds is 0. The van der Waals surface area contributed by atoms with Gasteiger partial charge in [-0.25, -0.2) is 9.21 Å². The summed E-state index contributed by atoms with van der Waals surface area (Å²) in [6.45, 7) is 2.39. The Morgan fingerprint density at radius 1 is 1.22 bits per heavy atom. The van der Waals surface area contributed by atoms with Gasteiger partial charge in [0, 0.05) is 13.1 Å². The zero-order valence-corrected chi connectivity index (χ0v) is 6.91. The molecule has 1 aliphatic heterocycles. The highest BCUT2D eigenvalue weighted by Gasteiger charge is 2.08. The van der Waals surface area contributed by atoms with E-state index in [2.05, 4.69) is 23.7 Å². The number of hydrogen-bond donors (Lipinski definition) is 0. The SMILES string of the molecule is C=S1(=C)CCN(C)CC1.